The van der Waals surface area contributed by atoms with E-state index in [1.54, 1.807) is 0 Å². The molecule has 1 saturated carbocycles. The zero-order chi connectivity index (χ0) is 13.9. The molecular formula is C16H26N4. The van der Waals surface area contributed by atoms with E-state index < -0.39 is 0 Å². The van der Waals surface area contributed by atoms with Crippen LogP contribution in [0.5, 0.6) is 0 Å². The van der Waals surface area contributed by atoms with Crippen molar-refractivity contribution in [1.29, 1.82) is 0 Å². The van der Waals surface area contributed by atoms with Crippen molar-refractivity contribution in [3.63, 3.8) is 0 Å². The van der Waals surface area contributed by atoms with E-state index in [1.165, 1.54) is 44.3 Å². The average Bonchev–Trinajstić information content (AvgIpc) is 3.30. The van der Waals surface area contributed by atoms with Crippen molar-refractivity contribution in [3.8, 4) is 0 Å². The molecular weight excluding hydrogens is 248 g/mol. The molecule has 1 N–H and O–H groups in total. The third-order valence-electron chi connectivity index (χ3n) is 4.58. The quantitative estimate of drug-likeness (QED) is 0.888. The van der Waals surface area contributed by atoms with Crippen LogP contribution in [0.25, 0.3) is 0 Å². The molecule has 0 amide bonds. The molecule has 20 heavy (non-hydrogen) atoms. The van der Waals surface area contributed by atoms with Gasteiger partial charge in [-0.05, 0) is 63.5 Å². The number of nitrogens with zero attached hydrogens (tertiary/aromatic N) is 3. The Morgan fingerprint density at radius 1 is 1.30 bits per heavy atom. The average molecular weight is 274 g/mol. The molecule has 4 nitrogen and oxygen atoms in total. The van der Waals surface area contributed by atoms with Gasteiger partial charge in [-0.2, -0.15) is 0 Å². The molecule has 0 unspecified atom stereocenters. The Morgan fingerprint density at radius 3 is 2.75 bits per heavy atom. The highest BCUT2D eigenvalue weighted by atomic mass is 15.2. The first kappa shape index (κ1) is 13.8. The minimum atomic E-state index is 0.630. The lowest BCUT2D eigenvalue weighted by molar-refractivity contribution is 0.252. The van der Waals surface area contributed by atoms with E-state index in [1.807, 2.05) is 6.20 Å². The molecule has 4 heteroatoms. The summed E-state index contributed by atoms with van der Waals surface area (Å²) in [4.78, 5) is 9.34. The molecule has 110 valence electrons. The van der Waals surface area contributed by atoms with E-state index in [0.717, 1.165) is 18.4 Å². The first-order valence-electron chi connectivity index (χ1n) is 7.82. The van der Waals surface area contributed by atoms with Crippen molar-refractivity contribution >= 4 is 5.82 Å². The highest BCUT2D eigenvalue weighted by molar-refractivity contribution is 5.41. The Hall–Kier alpha value is -1.13. The van der Waals surface area contributed by atoms with E-state index in [4.69, 9.17) is 0 Å². The van der Waals surface area contributed by atoms with Crippen molar-refractivity contribution in [2.45, 2.75) is 44.3 Å². The molecule has 1 saturated heterocycles. The van der Waals surface area contributed by atoms with Crippen molar-refractivity contribution < 1.29 is 0 Å². The molecule has 1 aromatic rings. The summed E-state index contributed by atoms with van der Waals surface area (Å²) in [5, 5.41) is 3.57. The third-order valence-corrected chi connectivity index (χ3v) is 4.58. The van der Waals surface area contributed by atoms with Crippen molar-refractivity contribution in [2.24, 2.45) is 0 Å². The smallest absolute Gasteiger partial charge is 0.128 e. The fraction of sp³-hybridized carbons (Fsp3) is 0.688. The van der Waals surface area contributed by atoms with Gasteiger partial charge < -0.3 is 15.1 Å². The summed E-state index contributed by atoms with van der Waals surface area (Å²) in [5.41, 5.74) is 1.35. The van der Waals surface area contributed by atoms with Crippen LogP contribution in [0, 0.1) is 0 Å². The van der Waals surface area contributed by atoms with Gasteiger partial charge in [-0.25, -0.2) is 4.98 Å². The van der Waals surface area contributed by atoms with Gasteiger partial charge in [-0.3, -0.25) is 0 Å². The zero-order valence-corrected chi connectivity index (χ0v) is 12.7. The van der Waals surface area contributed by atoms with Crippen LogP contribution in [0.15, 0.2) is 18.3 Å². The first-order chi connectivity index (χ1) is 9.72. The van der Waals surface area contributed by atoms with Gasteiger partial charge >= 0.3 is 0 Å². The number of likely N-dealkylation sites (tertiary alicyclic amines) is 1. The third kappa shape index (κ3) is 3.49. The maximum absolute atomic E-state index is 4.56. The van der Waals surface area contributed by atoms with Crippen molar-refractivity contribution in [1.82, 2.24) is 15.2 Å². The normalized spacial score (nSPS) is 21.1. The molecule has 1 aliphatic carbocycles. The molecule has 0 atom stereocenters. The van der Waals surface area contributed by atoms with Gasteiger partial charge in [0.25, 0.3) is 0 Å². The van der Waals surface area contributed by atoms with Gasteiger partial charge in [0.15, 0.2) is 0 Å². The fourth-order valence-corrected chi connectivity index (χ4v) is 2.88. The van der Waals surface area contributed by atoms with Crippen LogP contribution in [0.1, 0.15) is 31.2 Å². The summed E-state index contributed by atoms with van der Waals surface area (Å²) in [6, 6.07) is 5.76. The van der Waals surface area contributed by atoms with E-state index in [2.05, 4.69) is 46.3 Å². The molecule has 0 spiro atoms. The van der Waals surface area contributed by atoms with E-state index in [-0.39, 0.29) is 0 Å². The maximum Gasteiger partial charge on any atom is 0.128 e. The lowest BCUT2D eigenvalue weighted by Crippen LogP contribution is -2.42. The van der Waals surface area contributed by atoms with Crippen LogP contribution in [-0.2, 0) is 6.54 Å². The number of hydrogen-bond acceptors (Lipinski definition) is 4. The Balaban J connectivity index is 1.61. The Kier molecular flexibility index (Phi) is 4.22. The summed E-state index contributed by atoms with van der Waals surface area (Å²) in [5.74, 6) is 1.12. The molecule has 0 bridgehead atoms. The molecule has 2 fully saturated rings. The summed E-state index contributed by atoms with van der Waals surface area (Å²) >= 11 is 0. The van der Waals surface area contributed by atoms with Gasteiger partial charge in [0.2, 0.25) is 0 Å². The van der Waals surface area contributed by atoms with Gasteiger partial charge in [0.05, 0.1) is 0 Å². The van der Waals surface area contributed by atoms with Crippen LogP contribution in [0.2, 0.25) is 0 Å². The Morgan fingerprint density at radius 2 is 2.05 bits per heavy atom. The SMILES string of the molecule is CN1CCC(N(C)c2cc(CNC3CC3)ccn2)CC1. The minimum Gasteiger partial charge on any atom is -0.357 e. The first-order valence-corrected chi connectivity index (χ1v) is 7.82. The van der Waals surface area contributed by atoms with E-state index in [9.17, 15) is 0 Å². The largest absolute Gasteiger partial charge is 0.357 e. The minimum absolute atomic E-state index is 0.630. The lowest BCUT2D eigenvalue weighted by Gasteiger charge is -2.35. The molecule has 3 rings (SSSR count). The fourth-order valence-electron chi connectivity index (χ4n) is 2.88. The van der Waals surface area contributed by atoms with Gasteiger partial charge in [0.1, 0.15) is 5.82 Å². The predicted molar refractivity (Wildman–Crippen MR) is 83.0 cm³/mol. The van der Waals surface area contributed by atoms with Crippen molar-refractivity contribution in [3.05, 3.63) is 23.9 Å². The second-order valence-corrected chi connectivity index (χ2v) is 6.32. The van der Waals surface area contributed by atoms with E-state index >= 15 is 0 Å². The number of pyridine rings is 1. The molecule has 2 aliphatic rings. The standard InChI is InChI=1S/C16H26N4/c1-19-9-6-15(7-10-19)20(2)16-11-13(5-8-17-16)12-18-14-3-4-14/h5,8,11,14-15,18H,3-4,6-7,9-10,12H2,1-2H3. The van der Waals surface area contributed by atoms with Crippen molar-refractivity contribution in [2.75, 3.05) is 32.1 Å². The summed E-state index contributed by atoms with van der Waals surface area (Å²) in [6.45, 7) is 3.36. The molecule has 0 aromatic carbocycles. The van der Waals surface area contributed by atoms with E-state index in [0.29, 0.717) is 6.04 Å². The van der Waals surface area contributed by atoms with Crippen LogP contribution in [-0.4, -0.2) is 49.2 Å². The number of hydrogen-bond donors (Lipinski definition) is 1. The number of nitrogens with one attached hydrogen (secondary N) is 1. The number of anilines is 1. The highest BCUT2D eigenvalue weighted by Gasteiger charge is 2.22. The highest BCUT2D eigenvalue weighted by Crippen LogP contribution is 2.22. The Labute approximate surface area is 122 Å². The van der Waals surface area contributed by atoms with Gasteiger partial charge in [-0.15, -0.1) is 0 Å². The van der Waals surface area contributed by atoms with Gasteiger partial charge in [0, 0.05) is 31.9 Å². The zero-order valence-electron chi connectivity index (χ0n) is 12.7. The van der Waals surface area contributed by atoms with Crippen LogP contribution in [0.4, 0.5) is 5.82 Å². The van der Waals surface area contributed by atoms with Gasteiger partial charge in [-0.1, -0.05) is 0 Å². The molecule has 0 radical (unpaired) electrons. The summed E-state index contributed by atoms with van der Waals surface area (Å²) in [7, 11) is 4.40. The molecule has 1 aliphatic heterocycles. The number of rotatable bonds is 5. The number of aromatic nitrogens is 1. The second kappa shape index (κ2) is 6.10. The Bertz CT molecular complexity index is 436. The lowest BCUT2D eigenvalue weighted by atomic mass is 10.0. The van der Waals surface area contributed by atoms with Crippen LogP contribution in [0.3, 0.4) is 0 Å². The van der Waals surface area contributed by atoms with Crippen LogP contribution >= 0.6 is 0 Å². The number of piperidine rings is 1. The summed E-state index contributed by atoms with van der Waals surface area (Å²) in [6.07, 6.45) is 7.10. The predicted octanol–water partition coefficient (Wildman–Crippen LogP) is 1.86. The van der Waals surface area contributed by atoms with Crippen LogP contribution < -0.4 is 10.2 Å². The summed E-state index contributed by atoms with van der Waals surface area (Å²) < 4.78 is 0. The maximum atomic E-state index is 4.56. The topological polar surface area (TPSA) is 31.4 Å². The molecule has 2 heterocycles. The molecule has 1 aromatic heterocycles. The second-order valence-electron chi connectivity index (χ2n) is 6.32. The monoisotopic (exact) mass is 274 g/mol.